The SMILES string of the molecule is CC(C)(C)OC(=O)CN.Cc1cc(C(=O)Cl)cc(C)c1C.Cc1cc(C(=O)N(O)CC(=O)OC(C)(C)C)cc(C)c1C.Cc1cc(C(=O)O)cc(C)c1C.Cc1cccc(C)c1O.O.O=S(Cl)Cl. The van der Waals surface area contributed by atoms with Crippen LogP contribution in [-0.2, 0) is 28.3 Å². The quantitative estimate of drug-likeness (QED) is 0.0610. The maximum Gasteiger partial charge on any atom is 0.335 e. The first-order chi connectivity index (χ1) is 30.4. The van der Waals surface area contributed by atoms with Crippen LogP contribution in [-0.4, -0.2) is 83.5 Å². The number of esters is 2. The van der Waals surface area contributed by atoms with Gasteiger partial charge in [0, 0.05) is 32.5 Å². The van der Waals surface area contributed by atoms with E-state index in [1.54, 1.807) is 65.8 Å². The van der Waals surface area contributed by atoms with E-state index in [0.717, 1.165) is 50.1 Å². The number of hydrogen-bond donors (Lipinski definition) is 4. The van der Waals surface area contributed by atoms with E-state index in [0.29, 0.717) is 27.5 Å². The number of nitrogens with two attached hydrogens (primary N) is 1. The number of aromatic hydroxyl groups is 1. The molecule has 0 fully saturated rings. The van der Waals surface area contributed by atoms with Crippen molar-refractivity contribution in [2.24, 2.45) is 5.73 Å². The molecular formula is C50H71Cl3N2O12S. The van der Waals surface area contributed by atoms with Crippen LogP contribution in [0.4, 0.5) is 0 Å². The monoisotopic (exact) mass is 1030 g/mol. The van der Waals surface area contributed by atoms with Gasteiger partial charge in [-0.3, -0.25) is 24.4 Å². The summed E-state index contributed by atoms with van der Waals surface area (Å²) in [5.41, 5.74) is 16.8. The zero-order chi connectivity index (χ0) is 52.9. The van der Waals surface area contributed by atoms with Gasteiger partial charge in [-0.2, -0.15) is 0 Å². The molecule has 0 spiro atoms. The van der Waals surface area contributed by atoms with Gasteiger partial charge in [0.25, 0.3) is 11.1 Å². The van der Waals surface area contributed by atoms with Crippen molar-refractivity contribution >= 4 is 71.2 Å². The number of carboxylic acids is 1. The molecular weight excluding hydrogens is 959 g/mol. The van der Waals surface area contributed by atoms with Gasteiger partial charge in [0.15, 0.2) is 0 Å². The number of benzene rings is 4. The summed E-state index contributed by atoms with van der Waals surface area (Å²) in [6.07, 6.45) is 0. The van der Waals surface area contributed by atoms with Crippen molar-refractivity contribution in [2.75, 3.05) is 13.1 Å². The number of ether oxygens (including phenoxy) is 2. The Bertz CT molecular complexity index is 2200. The number of rotatable bonds is 6. The van der Waals surface area contributed by atoms with E-state index in [1.165, 1.54) is 11.1 Å². The lowest BCUT2D eigenvalue weighted by atomic mass is 10.0. The topological polar surface area (TPSA) is 242 Å². The molecule has 1 amide bonds. The number of nitrogens with zero attached hydrogens (tertiary/aromatic N) is 1. The van der Waals surface area contributed by atoms with Crippen LogP contribution in [0, 0.1) is 76.2 Å². The van der Waals surface area contributed by atoms with Gasteiger partial charge in [0.2, 0.25) is 9.23 Å². The molecule has 380 valence electrons. The summed E-state index contributed by atoms with van der Waals surface area (Å²) in [6.45, 7) is 31.4. The highest BCUT2D eigenvalue weighted by molar-refractivity contribution is 8.26. The minimum Gasteiger partial charge on any atom is -0.507 e. The van der Waals surface area contributed by atoms with E-state index >= 15 is 0 Å². The molecule has 0 heterocycles. The predicted molar refractivity (Wildman–Crippen MR) is 274 cm³/mol. The molecule has 0 unspecified atom stereocenters. The maximum absolute atomic E-state index is 12.1. The van der Waals surface area contributed by atoms with Crippen LogP contribution in [0.3, 0.4) is 0 Å². The number of halogens is 3. The Labute approximate surface area is 418 Å². The van der Waals surface area contributed by atoms with Gasteiger partial charge in [0.05, 0.1) is 12.1 Å². The van der Waals surface area contributed by atoms with Crippen LogP contribution in [0.1, 0.15) is 134 Å². The predicted octanol–water partition coefficient (Wildman–Crippen LogP) is 10.6. The van der Waals surface area contributed by atoms with E-state index in [4.69, 9.17) is 36.1 Å². The van der Waals surface area contributed by atoms with Crippen molar-refractivity contribution in [2.45, 2.75) is 129 Å². The molecule has 4 rings (SSSR count). The smallest absolute Gasteiger partial charge is 0.335 e. The average Bonchev–Trinajstić information content (AvgIpc) is 3.18. The van der Waals surface area contributed by atoms with Crippen LogP contribution < -0.4 is 5.73 Å². The number of hydrogen-bond acceptors (Lipinski definition) is 11. The zero-order valence-electron chi connectivity index (χ0n) is 42.3. The number of hydroxylamine groups is 2. The molecule has 0 bridgehead atoms. The zero-order valence-corrected chi connectivity index (χ0v) is 45.4. The van der Waals surface area contributed by atoms with E-state index in [1.807, 2.05) is 106 Å². The van der Waals surface area contributed by atoms with E-state index in [-0.39, 0.29) is 23.2 Å². The summed E-state index contributed by atoms with van der Waals surface area (Å²) in [5.74, 6) is -2.08. The molecule has 0 atom stereocenters. The van der Waals surface area contributed by atoms with Gasteiger partial charge < -0.3 is 30.9 Å². The summed E-state index contributed by atoms with van der Waals surface area (Å²) in [7, 11) is 7.36. The summed E-state index contributed by atoms with van der Waals surface area (Å²) in [6, 6.07) is 16.1. The normalized spacial score (nSPS) is 10.2. The number of aromatic carboxylic acids is 1. The minimum atomic E-state index is -1.67. The molecule has 4 aromatic carbocycles. The van der Waals surface area contributed by atoms with Gasteiger partial charge in [-0.25, -0.2) is 14.1 Å². The van der Waals surface area contributed by atoms with Crippen molar-refractivity contribution in [1.82, 2.24) is 5.06 Å². The summed E-state index contributed by atoms with van der Waals surface area (Å²) >= 11 is 5.36. The Balaban J connectivity index is -0.000000787. The fraction of sp³-hybridized carbons (Fsp3) is 0.420. The third-order valence-corrected chi connectivity index (χ3v) is 9.68. The molecule has 0 radical (unpaired) electrons. The minimum absolute atomic E-state index is 0. The number of carboxylic acid groups (broad SMARTS) is 1. The van der Waals surface area contributed by atoms with Crippen molar-refractivity contribution in [3.63, 3.8) is 0 Å². The van der Waals surface area contributed by atoms with Gasteiger partial charge in [-0.05, 0) is 227 Å². The molecule has 0 aliphatic rings. The second kappa shape index (κ2) is 31.3. The fourth-order valence-electron chi connectivity index (χ4n) is 5.37. The highest BCUT2D eigenvalue weighted by Gasteiger charge is 2.22. The number of carbonyl (C=O) groups is 5. The molecule has 18 heteroatoms. The van der Waals surface area contributed by atoms with Gasteiger partial charge in [0.1, 0.15) is 23.5 Å². The highest BCUT2D eigenvalue weighted by Crippen LogP contribution is 2.20. The van der Waals surface area contributed by atoms with Crippen molar-refractivity contribution in [3.8, 4) is 5.75 Å². The number of amides is 1. The molecule has 14 nitrogen and oxygen atoms in total. The summed E-state index contributed by atoms with van der Waals surface area (Å²) in [5, 5.41) is 27.7. The van der Waals surface area contributed by atoms with Crippen LogP contribution in [0.25, 0.3) is 0 Å². The van der Waals surface area contributed by atoms with Gasteiger partial charge >= 0.3 is 17.9 Å². The molecule has 0 aliphatic carbocycles. The third kappa shape index (κ3) is 27.8. The Morgan fingerprint density at radius 2 is 0.897 bits per heavy atom. The van der Waals surface area contributed by atoms with Crippen molar-refractivity contribution in [1.29, 1.82) is 0 Å². The Morgan fingerprint density at radius 1 is 0.603 bits per heavy atom. The van der Waals surface area contributed by atoms with E-state index < -0.39 is 44.8 Å². The fourth-order valence-corrected chi connectivity index (χ4v) is 5.48. The standard InChI is InChI=1S/C16H23NO4.C10H11ClO.C10H12O2.C8H10O.C6H13NO2.Cl2OS.H2O/c1-10-7-13(8-11(2)12(10)3)15(19)17(20)9-14(18)21-16(4,5)6;2*1-6-4-9(10(11)12)5-7(2)8(6)3;1-6-4-3-5-7(2)8(6)9;1-6(2,3)9-5(8)4-7;1-4(2)3;/h7-8,20H,9H2,1-6H3;4-5H,1-3H3;4-5H,1-3H3,(H,11,12);3-5,9H,1-2H3;4,7H2,1-3H3;;1H2. The Morgan fingerprint density at radius 3 is 1.15 bits per heavy atom. The van der Waals surface area contributed by atoms with Gasteiger partial charge in [-0.15, -0.1) is 0 Å². The number of carbonyl (C=O) groups excluding carboxylic acids is 4. The molecule has 0 aromatic heterocycles. The van der Waals surface area contributed by atoms with Crippen molar-refractivity contribution in [3.05, 3.63) is 132 Å². The summed E-state index contributed by atoms with van der Waals surface area (Å²) < 4.78 is 19.0. The second-order valence-electron chi connectivity index (χ2n) is 17.4. The van der Waals surface area contributed by atoms with Crippen molar-refractivity contribution < 1.29 is 58.6 Å². The van der Waals surface area contributed by atoms with E-state index in [2.05, 4.69) is 21.4 Å². The lowest BCUT2D eigenvalue weighted by Crippen LogP contribution is -2.36. The molecule has 68 heavy (non-hydrogen) atoms. The Kier molecular flexibility index (Phi) is 31.0. The Hall–Kier alpha value is -4.87. The lowest BCUT2D eigenvalue weighted by molar-refractivity contribution is -0.163. The molecule has 0 saturated heterocycles. The maximum atomic E-state index is 12.1. The highest BCUT2D eigenvalue weighted by atomic mass is 36.0. The lowest BCUT2D eigenvalue weighted by Gasteiger charge is -2.21. The first kappa shape index (κ1) is 67.4. The first-order valence-electron chi connectivity index (χ1n) is 20.8. The van der Waals surface area contributed by atoms with Crippen LogP contribution in [0.15, 0.2) is 54.6 Å². The number of phenols is 1. The number of para-hydroxylation sites is 1. The van der Waals surface area contributed by atoms with Crippen LogP contribution in [0.5, 0.6) is 5.75 Å². The van der Waals surface area contributed by atoms with Crippen LogP contribution >= 0.6 is 33.0 Å². The van der Waals surface area contributed by atoms with E-state index in [9.17, 15) is 34.3 Å². The number of phenolic OH excluding ortho intramolecular Hbond substituents is 1. The molecule has 7 N–H and O–H groups in total. The largest absolute Gasteiger partial charge is 0.507 e. The van der Waals surface area contributed by atoms with Gasteiger partial charge in [-0.1, -0.05) is 18.2 Å². The summed E-state index contributed by atoms with van der Waals surface area (Å²) in [4.78, 5) is 55.7. The van der Waals surface area contributed by atoms with Crippen LogP contribution in [0.2, 0.25) is 0 Å². The molecule has 0 aliphatic heterocycles. The molecule has 4 aromatic rings. The number of aryl methyl sites for hydroxylation is 8. The first-order valence-corrected chi connectivity index (χ1v) is 23.9. The average molecular weight is 1030 g/mol. The second-order valence-corrected chi connectivity index (χ2v) is 20.3. The molecule has 0 saturated carbocycles. The third-order valence-electron chi connectivity index (χ3n) is 9.46.